The van der Waals surface area contributed by atoms with Crippen LogP contribution in [0.4, 0.5) is 5.69 Å². The lowest BCUT2D eigenvalue weighted by atomic mass is 9.83. The highest BCUT2D eigenvalue weighted by molar-refractivity contribution is 5.85. The van der Waals surface area contributed by atoms with Crippen molar-refractivity contribution in [1.82, 2.24) is 14.8 Å². The predicted molar refractivity (Wildman–Crippen MR) is 93.4 cm³/mol. The van der Waals surface area contributed by atoms with Gasteiger partial charge in [-0.3, -0.25) is 0 Å². The van der Waals surface area contributed by atoms with Crippen molar-refractivity contribution in [2.75, 3.05) is 5.32 Å². The van der Waals surface area contributed by atoms with Gasteiger partial charge in [0.15, 0.2) is 0 Å². The molecule has 23 heavy (non-hydrogen) atoms. The minimum absolute atomic E-state index is 0.368. The lowest BCUT2D eigenvalue weighted by Gasteiger charge is -2.35. The van der Waals surface area contributed by atoms with Crippen molar-refractivity contribution in [2.45, 2.75) is 38.3 Å². The molecule has 3 aromatic rings. The Hall–Kier alpha value is -2.36. The summed E-state index contributed by atoms with van der Waals surface area (Å²) in [5, 5.41) is 10.7. The van der Waals surface area contributed by atoms with Gasteiger partial charge in [0.25, 0.3) is 0 Å². The van der Waals surface area contributed by atoms with Crippen LogP contribution in [0.5, 0.6) is 0 Å². The topological polar surface area (TPSA) is 42.7 Å². The lowest BCUT2D eigenvalue weighted by molar-refractivity contribution is 0.244. The second kappa shape index (κ2) is 6.03. The molecule has 4 rings (SSSR count). The van der Waals surface area contributed by atoms with Crippen molar-refractivity contribution < 1.29 is 0 Å². The van der Waals surface area contributed by atoms with Crippen LogP contribution in [-0.2, 0) is 0 Å². The van der Waals surface area contributed by atoms with E-state index in [1.54, 1.807) is 6.33 Å². The fourth-order valence-corrected chi connectivity index (χ4v) is 3.69. The monoisotopic (exact) mass is 306 g/mol. The summed E-state index contributed by atoms with van der Waals surface area (Å²) in [6, 6.07) is 15.9. The summed E-state index contributed by atoms with van der Waals surface area (Å²) < 4.78 is 2.02. The maximum Gasteiger partial charge on any atom is 0.137 e. The summed E-state index contributed by atoms with van der Waals surface area (Å²) in [6.45, 7) is 2.33. The molecule has 1 aliphatic rings. The molecule has 2 aromatic carbocycles. The molecule has 0 aliphatic heterocycles. The van der Waals surface area contributed by atoms with Crippen LogP contribution in [0, 0.1) is 5.92 Å². The number of hydrogen-bond acceptors (Lipinski definition) is 3. The minimum Gasteiger partial charge on any atom is -0.380 e. The molecule has 0 radical (unpaired) electrons. The molecule has 1 aromatic heterocycles. The van der Waals surface area contributed by atoms with E-state index in [0.717, 1.165) is 12.3 Å². The predicted octanol–water partition coefficient (Wildman–Crippen LogP) is 4.27. The number of nitrogens with one attached hydrogen (secondary N) is 1. The molecule has 1 aliphatic carbocycles. The van der Waals surface area contributed by atoms with Gasteiger partial charge in [0, 0.05) is 11.7 Å². The van der Waals surface area contributed by atoms with Crippen molar-refractivity contribution >= 4 is 16.5 Å². The van der Waals surface area contributed by atoms with Gasteiger partial charge >= 0.3 is 0 Å². The molecule has 3 unspecified atom stereocenters. The van der Waals surface area contributed by atoms with Gasteiger partial charge in [-0.25, -0.2) is 9.67 Å². The molecule has 1 N–H and O–H groups in total. The number of fused-ring (bicyclic) bond motifs is 1. The van der Waals surface area contributed by atoms with Crippen LogP contribution >= 0.6 is 0 Å². The molecule has 4 heteroatoms. The molecule has 1 fully saturated rings. The number of hydrogen-bond donors (Lipinski definition) is 1. The molecular formula is C19H22N4. The van der Waals surface area contributed by atoms with Gasteiger partial charge in [-0.1, -0.05) is 37.3 Å². The maximum atomic E-state index is 4.38. The van der Waals surface area contributed by atoms with Crippen LogP contribution in [0.2, 0.25) is 0 Å². The zero-order valence-electron chi connectivity index (χ0n) is 13.4. The van der Waals surface area contributed by atoms with E-state index in [1.807, 2.05) is 11.0 Å². The molecule has 118 valence electrons. The van der Waals surface area contributed by atoms with Crippen LogP contribution < -0.4 is 5.32 Å². The Morgan fingerprint density at radius 3 is 2.78 bits per heavy atom. The van der Waals surface area contributed by atoms with Crippen LogP contribution in [0.15, 0.2) is 55.1 Å². The third-order valence-corrected chi connectivity index (χ3v) is 4.96. The summed E-state index contributed by atoms with van der Waals surface area (Å²) >= 11 is 0. The van der Waals surface area contributed by atoms with E-state index >= 15 is 0 Å². The zero-order valence-corrected chi connectivity index (χ0v) is 13.4. The molecule has 0 spiro atoms. The molecule has 4 nitrogen and oxygen atoms in total. The lowest BCUT2D eigenvalue weighted by Crippen LogP contribution is -2.36. The Bertz CT molecular complexity index is 781. The standard InChI is InChI=1S/C19H22N4/c1-14-6-9-18(19(10-14)23-13-20-12-21-23)22-17-8-7-15-4-2-3-5-16(15)11-17/h2-5,7-8,11-14,18-19,22H,6,9-10H2,1H3. The molecule has 3 atom stereocenters. The first kappa shape index (κ1) is 14.2. The van der Waals surface area contributed by atoms with Crippen molar-refractivity contribution in [1.29, 1.82) is 0 Å². The van der Waals surface area contributed by atoms with Gasteiger partial charge in [-0.2, -0.15) is 5.10 Å². The van der Waals surface area contributed by atoms with Gasteiger partial charge in [0.05, 0.1) is 6.04 Å². The smallest absolute Gasteiger partial charge is 0.137 e. The Morgan fingerprint density at radius 2 is 1.96 bits per heavy atom. The van der Waals surface area contributed by atoms with E-state index in [0.29, 0.717) is 12.1 Å². The normalized spacial score (nSPS) is 24.7. The van der Waals surface area contributed by atoms with E-state index in [1.165, 1.54) is 29.3 Å². The average molecular weight is 306 g/mol. The van der Waals surface area contributed by atoms with Gasteiger partial charge in [0.1, 0.15) is 12.7 Å². The first-order chi connectivity index (χ1) is 11.3. The Morgan fingerprint density at radius 1 is 1.09 bits per heavy atom. The number of aromatic nitrogens is 3. The Balaban J connectivity index is 1.59. The summed E-state index contributed by atoms with van der Waals surface area (Å²) in [6.07, 6.45) is 7.05. The molecule has 0 saturated heterocycles. The summed E-state index contributed by atoms with van der Waals surface area (Å²) in [4.78, 5) is 4.13. The maximum absolute atomic E-state index is 4.38. The van der Waals surface area contributed by atoms with E-state index in [-0.39, 0.29) is 0 Å². The largest absolute Gasteiger partial charge is 0.380 e. The summed E-state index contributed by atoms with van der Waals surface area (Å²) in [7, 11) is 0. The molecule has 1 saturated carbocycles. The zero-order chi connectivity index (χ0) is 15.6. The first-order valence-corrected chi connectivity index (χ1v) is 8.39. The number of anilines is 1. The SMILES string of the molecule is CC1CCC(Nc2ccc3ccccc3c2)C(n2cncn2)C1. The molecule has 0 bridgehead atoms. The van der Waals surface area contributed by atoms with Crippen LogP contribution in [0.25, 0.3) is 10.8 Å². The van der Waals surface area contributed by atoms with E-state index in [9.17, 15) is 0 Å². The third kappa shape index (κ3) is 2.93. The van der Waals surface area contributed by atoms with Crippen LogP contribution in [-0.4, -0.2) is 20.8 Å². The van der Waals surface area contributed by atoms with E-state index in [4.69, 9.17) is 0 Å². The summed E-state index contributed by atoms with van der Waals surface area (Å²) in [5.41, 5.74) is 1.19. The van der Waals surface area contributed by atoms with Gasteiger partial charge in [0.2, 0.25) is 0 Å². The van der Waals surface area contributed by atoms with E-state index in [2.05, 4.69) is 64.8 Å². The fraction of sp³-hybridized carbons (Fsp3) is 0.368. The highest BCUT2D eigenvalue weighted by Crippen LogP contribution is 2.34. The van der Waals surface area contributed by atoms with Gasteiger partial charge in [-0.15, -0.1) is 0 Å². The average Bonchev–Trinajstić information content (AvgIpc) is 3.11. The Labute approximate surface area is 136 Å². The van der Waals surface area contributed by atoms with Crippen LogP contribution in [0.3, 0.4) is 0 Å². The number of benzene rings is 2. The quantitative estimate of drug-likeness (QED) is 0.785. The fourth-order valence-electron chi connectivity index (χ4n) is 3.69. The Kier molecular flexibility index (Phi) is 3.74. The van der Waals surface area contributed by atoms with Crippen molar-refractivity contribution in [3.63, 3.8) is 0 Å². The van der Waals surface area contributed by atoms with Crippen LogP contribution in [0.1, 0.15) is 32.2 Å². The highest BCUT2D eigenvalue weighted by atomic mass is 15.3. The van der Waals surface area contributed by atoms with Crippen molar-refractivity contribution in [3.05, 3.63) is 55.1 Å². The first-order valence-electron chi connectivity index (χ1n) is 8.39. The van der Waals surface area contributed by atoms with Gasteiger partial charge < -0.3 is 5.32 Å². The van der Waals surface area contributed by atoms with E-state index < -0.39 is 0 Å². The highest BCUT2D eigenvalue weighted by Gasteiger charge is 2.30. The van der Waals surface area contributed by atoms with Crippen molar-refractivity contribution in [3.8, 4) is 0 Å². The van der Waals surface area contributed by atoms with Crippen molar-refractivity contribution in [2.24, 2.45) is 5.92 Å². The number of rotatable bonds is 3. The molecule has 1 heterocycles. The second-order valence-electron chi connectivity index (χ2n) is 6.67. The molecule has 0 amide bonds. The summed E-state index contributed by atoms with van der Waals surface area (Å²) in [5.74, 6) is 0.735. The number of nitrogens with zero attached hydrogens (tertiary/aromatic N) is 3. The van der Waals surface area contributed by atoms with Gasteiger partial charge in [-0.05, 0) is 48.1 Å². The third-order valence-electron chi connectivity index (χ3n) is 4.96. The molecular weight excluding hydrogens is 284 g/mol. The second-order valence-corrected chi connectivity index (χ2v) is 6.67. The minimum atomic E-state index is 0.368.